The first-order valence-corrected chi connectivity index (χ1v) is 3.70. The van der Waals surface area contributed by atoms with E-state index in [-0.39, 0.29) is 11.3 Å². The number of carbonyl (C=O) groups is 1. The van der Waals surface area contributed by atoms with Crippen LogP contribution in [0.4, 0.5) is 0 Å². The van der Waals surface area contributed by atoms with Gasteiger partial charge in [-0.3, -0.25) is 10.0 Å². The summed E-state index contributed by atoms with van der Waals surface area (Å²) in [4.78, 5) is 10.9. The van der Waals surface area contributed by atoms with Gasteiger partial charge in [-0.1, -0.05) is 13.3 Å². The van der Waals surface area contributed by atoms with Gasteiger partial charge in [0.25, 0.3) is 0 Å². The monoisotopic (exact) mass is 143 g/mol. The maximum absolute atomic E-state index is 10.9. The lowest BCUT2D eigenvalue weighted by molar-refractivity contribution is -0.135. The summed E-state index contributed by atoms with van der Waals surface area (Å²) in [5, 5.41) is 8.34. The second-order valence-electron chi connectivity index (χ2n) is 2.97. The van der Waals surface area contributed by atoms with Crippen LogP contribution >= 0.6 is 0 Å². The Labute approximate surface area is 60.4 Å². The Morgan fingerprint density at radius 2 is 2.30 bits per heavy atom. The molecule has 0 heterocycles. The molecule has 0 radical (unpaired) electrons. The van der Waals surface area contributed by atoms with Crippen molar-refractivity contribution in [2.45, 2.75) is 32.6 Å². The van der Waals surface area contributed by atoms with Gasteiger partial charge < -0.3 is 0 Å². The highest BCUT2D eigenvalue weighted by molar-refractivity contribution is 5.84. The minimum atomic E-state index is -0.200. The van der Waals surface area contributed by atoms with Gasteiger partial charge in [0.05, 0.1) is 5.41 Å². The predicted octanol–water partition coefficient (Wildman–Crippen LogP) is 1.07. The topological polar surface area (TPSA) is 49.3 Å². The molecular formula is C7H13NO2. The zero-order valence-corrected chi connectivity index (χ0v) is 6.18. The number of hydroxylamine groups is 1. The number of amides is 1. The molecule has 1 amide bonds. The van der Waals surface area contributed by atoms with E-state index in [9.17, 15) is 4.79 Å². The summed E-state index contributed by atoms with van der Waals surface area (Å²) in [6, 6.07) is 0. The van der Waals surface area contributed by atoms with Gasteiger partial charge in [0, 0.05) is 0 Å². The highest BCUT2D eigenvalue weighted by atomic mass is 16.5. The Hall–Kier alpha value is -0.570. The molecule has 0 aliphatic heterocycles. The second-order valence-corrected chi connectivity index (χ2v) is 2.97. The van der Waals surface area contributed by atoms with Gasteiger partial charge in [0.15, 0.2) is 0 Å². The highest BCUT2D eigenvalue weighted by Crippen LogP contribution is 2.49. The fraction of sp³-hybridized carbons (Fsp3) is 0.857. The number of hydrogen-bond acceptors (Lipinski definition) is 2. The van der Waals surface area contributed by atoms with Crippen LogP contribution in [0.1, 0.15) is 32.6 Å². The van der Waals surface area contributed by atoms with Gasteiger partial charge in [0.1, 0.15) is 0 Å². The Morgan fingerprint density at radius 1 is 1.70 bits per heavy atom. The lowest BCUT2D eigenvalue weighted by atomic mass is 10.0. The zero-order chi connectivity index (χ0) is 7.61. The Balaban J connectivity index is 2.43. The van der Waals surface area contributed by atoms with Crippen molar-refractivity contribution in [1.82, 2.24) is 5.48 Å². The molecule has 0 atom stereocenters. The molecule has 1 aliphatic carbocycles. The molecule has 10 heavy (non-hydrogen) atoms. The van der Waals surface area contributed by atoms with Gasteiger partial charge >= 0.3 is 0 Å². The number of rotatable bonds is 3. The summed E-state index contributed by atoms with van der Waals surface area (Å²) in [5.74, 6) is -0.200. The van der Waals surface area contributed by atoms with Crippen LogP contribution in [0.5, 0.6) is 0 Å². The van der Waals surface area contributed by atoms with Crippen LogP contribution in [-0.4, -0.2) is 11.1 Å². The molecule has 2 N–H and O–H groups in total. The third-order valence-corrected chi connectivity index (χ3v) is 2.17. The van der Waals surface area contributed by atoms with E-state index in [2.05, 4.69) is 0 Å². The van der Waals surface area contributed by atoms with E-state index < -0.39 is 0 Å². The third kappa shape index (κ3) is 1.14. The molecule has 0 aromatic heterocycles. The molecule has 0 aromatic carbocycles. The van der Waals surface area contributed by atoms with Crippen molar-refractivity contribution in [2.75, 3.05) is 0 Å². The number of hydrogen-bond donors (Lipinski definition) is 2. The number of carbonyl (C=O) groups excluding carboxylic acids is 1. The first-order valence-electron chi connectivity index (χ1n) is 3.70. The molecule has 0 unspecified atom stereocenters. The quantitative estimate of drug-likeness (QED) is 0.458. The largest absolute Gasteiger partial charge is 0.289 e. The average molecular weight is 143 g/mol. The summed E-state index contributed by atoms with van der Waals surface area (Å²) in [6.07, 6.45) is 3.78. The van der Waals surface area contributed by atoms with Gasteiger partial charge in [-0.05, 0) is 19.3 Å². The third-order valence-electron chi connectivity index (χ3n) is 2.17. The van der Waals surface area contributed by atoms with Crippen LogP contribution < -0.4 is 5.48 Å². The summed E-state index contributed by atoms with van der Waals surface area (Å²) >= 11 is 0. The summed E-state index contributed by atoms with van der Waals surface area (Å²) in [7, 11) is 0. The van der Waals surface area contributed by atoms with E-state index in [1.54, 1.807) is 5.48 Å². The van der Waals surface area contributed by atoms with Crippen molar-refractivity contribution in [1.29, 1.82) is 0 Å². The predicted molar refractivity (Wildman–Crippen MR) is 36.5 cm³/mol. The lowest BCUT2D eigenvalue weighted by Crippen LogP contribution is -2.28. The normalized spacial score (nSPS) is 20.2. The van der Waals surface area contributed by atoms with Gasteiger partial charge in [-0.15, -0.1) is 0 Å². The molecule has 1 aliphatic rings. The van der Waals surface area contributed by atoms with Gasteiger partial charge in [-0.2, -0.15) is 0 Å². The van der Waals surface area contributed by atoms with Crippen LogP contribution in [0, 0.1) is 5.41 Å². The molecule has 0 spiro atoms. The van der Waals surface area contributed by atoms with Crippen molar-refractivity contribution in [3.05, 3.63) is 0 Å². The molecule has 1 saturated carbocycles. The Morgan fingerprint density at radius 3 is 2.60 bits per heavy atom. The maximum atomic E-state index is 10.9. The molecule has 1 fully saturated rings. The van der Waals surface area contributed by atoms with Crippen LogP contribution in [0.2, 0.25) is 0 Å². The van der Waals surface area contributed by atoms with Crippen molar-refractivity contribution in [3.8, 4) is 0 Å². The molecule has 3 nitrogen and oxygen atoms in total. The molecule has 0 bridgehead atoms. The maximum Gasteiger partial charge on any atom is 0.249 e. The summed E-state index contributed by atoms with van der Waals surface area (Å²) < 4.78 is 0. The Bertz CT molecular complexity index is 141. The standard InChI is InChI=1S/C7H13NO2/c1-2-3-7(4-5-7)6(9)8-10/h10H,2-5H2,1H3,(H,8,9). The first-order chi connectivity index (χ1) is 4.75. The first kappa shape index (κ1) is 7.54. The minimum absolute atomic E-state index is 0.191. The molecule has 0 aromatic rings. The van der Waals surface area contributed by atoms with Crippen LogP contribution in [0.3, 0.4) is 0 Å². The highest BCUT2D eigenvalue weighted by Gasteiger charge is 2.48. The number of nitrogens with one attached hydrogen (secondary N) is 1. The van der Waals surface area contributed by atoms with Crippen molar-refractivity contribution >= 4 is 5.91 Å². The van der Waals surface area contributed by atoms with Gasteiger partial charge in [0.2, 0.25) is 5.91 Å². The van der Waals surface area contributed by atoms with E-state index in [1.807, 2.05) is 6.92 Å². The van der Waals surface area contributed by atoms with Crippen LogP contribution in [0.15, 0.2) is 0 Å². The van der Waals surface area contributed by atoms with E-state index >= 15 is 0 Å². The molecule has 3 heteroatoms. The summed E-state index contributed by atoms with van der Waals surface area (Å²) in [6.45, 7) is 2.05. The molecule has 1 rings (SSSR count). The van der Waals surface area contributed by atoms with E-state index in [0.29, 0.717) is 0 Å². The summed E-state index contributed by atoms with van der Waals surface area (Å²) in [5.41, 5.74) is 1.52. The fourth-order valence-electron chi connectivity index (χ4n) is 1.34. The SMILES string of the molecule is CCCC1(C(=O)NO)CC1. The van der Waals surface area contributed by atoms with Crippen LogP contribution in [-0.2, 0) is 4.79 Å². The average Bonchev–Trinajstić information content (AvgIpc) is 2.69. The van der Waals surface area contributed by atoms with E-state index in [0.717, 1.165) is 25.7 Å². The van der Waals surface area contributed by atoms with Crippen molar-refractivity contribution in [2.24, 2.45) is 5.41 Å². The van der Waals surface area contributed by atoms with Crippen molar-refractivity contribution in [3.63, 3.8) is 0 Å². The van der Waals surface area contributed by atoms with Crippen molar-refractivity contribution < 1.29 is 10.0 Å². The molecule has 58 valence electrons. The molecule has 0 saturated heterocycles. The smallest absolute Gasteiger partial charge is 0.249 e. The second kappa shape index (κ2) is 2.58. The van der Waals surface area contributed by atoms with Crippen LogP contribution in [0.25, 0.3) is 0 Å². The lowest BCUT2D eigenvalue weighted by Gasteiger charge is -2.09. The van der Waals surface area contributed by atoms with E-state index in [1.165, 1.54) is 0 Å². The minimum Gasteiger partial charge on any atom is -0.289 e. The zero-order valence-electron chi connectivity index (χ0n) is 6.18. The molecular weight excluding hydrogens is 130 g/mol. The van der Waals surface area contributed by atoms with Gasteiger partial charge in [-0.25, -0.2) is 5.48 Å². The Kier molecular flexibility index (Phi) is 1.94. The fourth-order valence-corrected chi connectivity index (χ4v) is 1.34. The van der Waals surface area contributed by atoms with E-state index in [4.69, 9.17) is 5.21 Å².